The number of halogens is 3. The van der Waals surface area contributed by atoms with Crippen molar-refractivity contribution in [1.82, 2.24) is 4.98 Å². The van der Waals surface area contributed by atoms with Crippen LogP contribution < -0.4 is 10.5 Å². The monoisotopic (exact) mass is 288 g/mol. The van der Waals surface area contributed by atoms with Crippen molar-refractivity contribution in [1.29, 1.82) is 0 Å². The molecule has 2 rings (SSSR count). The molecule has 0 radical (unpaired) electrons. The van der Waals surface area contributed by atoms with Gasteiger partial charge in [0.05, 0.1) is 5.56 Å². The highest BCUT2D eigenvalue weighted by molar-refractivity contribution is 7.11. The van der Waals surface area contributed by atoms with Crippen molar-refractivity contribution in [3.8, 4) is 10.9 Å². The number of thiazole rings is 1. The van der Waals surface area contributed by atoms with E-state index in [1.54, 1.807) is 0 Å². The van der Waals surface area contributed by atoms with Crippen molar-refractivity contribution in [2.45, 2.75) is 6.18 Å². The van der Waals surface area contributed by atoms with Crippen molar-refractivity contribution in [3.63, 3.8) is 0 Å². The Kier molecular flexibility index (Phi) is 3.43. The molecular formula is C11H7F3N2O2S. The number of rotatable bonds is 3. The van der Waals surface area contributed by atoms with Crippen LogP contribution in [0.4, 0.5) is 13.2 Å². The molecule has 1 aromatic heterocycles. The number of hydrogen-bond donors (Lipinski definition) is 1. The molecule has 2 N–H and O–H groups in total. The molecule has 8 heteroatoms. The molecule has 0 aliphatic heterocycles. The van der Waals surface area contributed by atoms with Crippen molar-refractivity contribution in [3.05, 3.63) is 40.9 Å². The summed E-state index contributed by atoms with van der Waals surface area (Å²) in [6.07, 6.45) is -4.44. The molecule has 19 heavy (non-hydrogen) atoms. The van der Waals surface area contributed by atoms with Gasteiger partial charge in [-0.05, 0) is 18.2 Å². The second-order valence-corrected chi connectivity index (χ2v) is 4.31. The lowest BCUT2D eigenvalue weighted by Gasteiger charge is -2.08. The minimum absolute atomic E-state index is 0.00646. The zero-order valence-electron chi connectivity index (χ0n) is 9.27. The van der Waals surface area contributed by atoms with E-state index in [1.165, 1.54) is 17.5 Å². The van der Waals surface area contributed by atoms with Crippen LogP contribution in [0, 0.1) is 0 Å². The van der Waals surface area contributed by atoms with E-state index in [0.29, 0.717) is 0 Å². The second kappa shape index (κ2) is 4.88. The number of nitrogens with two attached hydrogens (primary N) is 1. The summed E-state index contributed by atoms with van der Waals surface area (Å²) in [5.41, 5.74) is 4.19. The van der Waals surface area contributed by atoms with E-state index in [2.05, 4.69) is 4.98 Å². The molecule has 0 saturated carbocycles. The van der Waals surface area contributed by atoms with Gasteiger partial charge < -0.3 is 10.5 Å². The molecule has 0 saturated heterocycles. The van der Waals surface area contributed by atoms with Gasteiger partial charge in [-0.1, -0.05) is 17.4 Å². The van der Waals surface area contributed by atoms with Gasteiger partial charge in [-0.25, -0.2) is 0 Å². The Labute approximate surface area is 109 Å². The van der Waals surface area contributed by atoms with Gasteiger partial charge in [0.2, 0.25) is 0 Å². The average Bonchev–Trinajstić information content (AvgIpc) is 2.77. The van der Waals surface area contributed by atoms with Crippen LogP contribution in [-0.4, -0.2) is 10.9 Å². The summed E-state index contributed by atoms with van der Waals surface area (Å²) in [5.74, 6) is -0.740. The minimum atomic E-state index is -4.44. The number of carbonyl (C=O) groups excluding carboxylic acids is 1. The lowest BCUT2D eigenvalue weighted by Crippen LogP contribution is -2.10. The molecule has 1 aromatic carbocycles. The predicted molar refractivity (Wildman–Crippen MR) is 62.1 cm³/mol. The number of primary amides is 1. The van der Waals surface area contributed by atoms with Gasteiger partial charge in [0.1, 0.15) is 11.4 Å². The number of benzene rings is 1. The molecule has 0 fully saturated rings. The quantitative estimate of drug-likeness (QED) is 0.944. The van der Waals surface area contributed by atoms with Crippen molar-refractivity contribution >= 4 is 17.2 Å². The molecule has 0 bridgehead atoms. The third kappa shape index (κ3) is 3.22. The summed E-state index contributed by atoms with van der Waals surface area (Å²) in [6.45, 7) is 0. The normalized spacial score (nSPS) is 11.3. The molecule has 0 aliphatic rings. The zero-order valence-corrected chi connectivity index (χ0v) is 10.1. The fourth-order valence-corrected chi connectivity index (χ4v) is 1.93. The van der Waals surface area contributed by atoms with Crippen molar-refractivity contribution < 1.29 is 22.7 Å². The van der Waals surface area contributed by atoms with Crippen LogP contribution in [0.25, 0.3) is 0 Å². The first kappa shape index (κ1) is 13.3. The number of amides is 1. The fraction of sp³-hybridized carbons (Fsp3) is 0.0909. The van der Waals surface area contributed by atoms with Crippen molar-refractivity contribution in [2.75, 3.05) is 0 Å². The number of nitrogens with zero attached hydrogens (tertiary/aromatic N) is 1. The Bertz CT molecular complexity index is 610. The molecule has 0 unspecified atom stereocenters. The fourth-order valence-electron chi connectivity index (χ4n) is 1.25. The highest BCUT2D eigenvalue weighted by atomic mass is 32.1. The lowest BCUT2D eigenvalue weighted by molar-refractivity contribution is -0.137. The van der Waals surface area contributed by atoms with Crippen LogP contribution in [0.1, 0.15) is 16.1 Å². The van der Waals surface area contributed by atoms with E-state index < -0.39 is 17.6 Å². The van der Waals surface area contributed by atoms with Gasteiger partial charge >= 0.3 is 6.18 Å². The first-order valence-electron chi connectivity index (χ1n) is 4.97. The SMILES string of the molecule is NC(=O)c1csc(Oc2cccc(C(F)(F)F)c2)n1. The minimum Gasteiger partial charge on any atom is -0.431 e. The average molecular weight is 288 g/mol. The number of hydrogen-bond acceptors (Lipinski definition) is 4. The van der Waals surface area contributed by atoms with Crippen LogP contribution in [-0.2, 0) is 6.18 Å². The van der Waals surface area contributed by atoms with Crippen LogP contribution in [0.2, 0.25) is 0 Å². The second-order valence-electron chi connectivity index (χ2n) is 3.49. The van der Waals surface area contributed by atoms with Gasteiger partial charge in [0, 0.05) is 5.38 Å². The smallest absolute Gasteiger partial charge is 0.416 e. The molecule has 0 atom stereocenters. The highest BCUT2D eigenvalue weighted by Crippen LogP contribution is 2.33. The predicted octanol–water partition coefficient (Wildman–Crippen LogP) is 3.05. The standard InChI is InChI=1S/C11H7F3N2O2S/c12-11(13,14)6-2-1-3-7(4-6)18-10-16-8(5-19-10)9(15)17/h1-5H,(H2,15,17). The van der Waals surface area contributed by atoms with Gasteiger partial charge in [0.15, 0.2) is 0 Å². The van der Waals surface area contributed by atoms with Crippen molar-refractivity contribution in [2.24, 2.45) is 5.73 Å². The molecule has 2 aromatic rings. The zero-order chi connectivity index (χ0) is 14.0. The Balaban J connectivity index is 2.21. The molecular weight excluding hydrogens is 281 g/mol. The number of alkyl halides is 3. The van der Waals surface area contributed by atoms with Crippen LogP contribution in [0.15, 0.2) is 29.6 Å². The van der Waals surface area contributed by atoms with Gasteiger partial charge in [-0.15, -0.1) is 0 Å². The van der Waals surface area contributed by atoms with E-state index in [0.717, 1.165) is 23.5 Å². The summed E-state index contributed by atoms with van der Waals surface area (Å²) in [6, 6.07) is 4.37. The van der Waals surface area contributed by atoms with Crippen LogP contribution >= 0.6 is 11.3 Å². The summed E-state index contributed by atoms with van der Waals surface area (Å²) >= 11 is 0.971. The Hall–Kier alpha value is -2.09. The Morgan fingerprint density at radius 1 is 1.37 bits per heavy atom. The van der Waals surface area contributed by atoms with E-state index >= 15 is 0 Å². The Morgan fingerprint density at radius 2 is 2.11 bits per heavy atom. The first-order chi connectivity index (χ1) is 8.86. The summed E-state index contributed by atoms with van der Waals surface area (Å²) in [7, 11) is 0. The third-order valence-corrected chi connectivity index (χ3v) is 2.82. The highest BCUT2D eigenvalue weighted by Gasteiger charge is 2.30. The molecule has 0 spiro atoms. The van der Waals surface area contributed by atoms with Gasteiger partial charge in [-0.3, -0.25) is 4.79 Å². The third-order valence-electron chi connectivity index (χ3n) is 2.10. The van der Waals surface area contributed by atoms with E-state index in [4.69, 9.17) is 10.5 Å². The van der Waals surface area contributed by atoms with E-state index in [-0.39, 0.29) is 16.6 Å². The van der Waals surface area contributed by atoms with Crippen LogP contribution in [0.3, 0.4) is 0 Å². The molecule has 1 heterocycles. The van der Waals surface area contributed by atoms with Gasteiger partial charge in [-0.2, -0.15) is 18.2 Å². The van der Waals surface area contributed by atoms with E-state index in [1.807, 2.05) is 0 Å². The van der Waals surface area contributed by atoms with Gasteiger partial charge in [0.25, 0.3) is 11.1 Å². The molecule has 0 aliphatic carbocycles. The summed E-state index contributed by atoms with van der Waals surface area (Å²) in [4.78, 5) is 14.6. The first-order valence-corrected chi connectivity index (χ1v) is 5.84. The number of carbonyl (C=O) groups is 1. The maximum Gasteiger partial charge on any atom is 0.416 e. The van der Waals surface area contributed by atoms with E-state index in [9.17, 15) is 18.0 Å². The molecule has 4 nitrogen and oxygen atoms in total. The molecule has 100 valence electrons. The maximum absolute atomic E-state index is 12.5. The Morgan fingerprint density at radius 3 is 2.68 bits per heavy atom. The lowest BCUT2D eigenvalue weighted by atomic mass is 10.2. The summed E-state index contributed by atoms with van der Waals surface area (Å²) in [5, 5.41) is 1.42. The maximum atomic E-state index is 12.5. The summed E-state index contributed by atoms with van der Waals surface area (Å²) < 4.78 is 42.6. The topological polar surface area (TPSA) is 65.2 Å². The number of ether oxygens (including phenoxy) is 1. The molecule has 1 amide bonds. The largest absolute Gasteiger partial charge is 0.431 e. The number of aromatic nitrogens is 1. The van der Waals surface area contributed by atoms with Crippen LogP contribution in [0.5, 0.6) is 10.9 Å².